The van der Waals surface area contributed by atoms with Gasteiger partial charge in [-0.15, -0.1) is 0 Å². The predicted molar refractivity (Wildman–Crippen MR) is 129 cm³/mol. The van der Waals surface area contributed by atoms with Crippen LogP contribution in [-0.4, -0.2) is 53.9 Å². The Hall–Kier alpha value is -2.69. The van der Waals surface area contributed by atoms with Gasteiger partial charge in [-0.05, 0) is 30.3 Å². The largest absolute Gasteiger partial charge is 0.325 e. The summed E-state index contributed by atoms with van der Waals surface area (Å²) < 4.78 is 26.6. The molecule has 0 radical (unpaired) electrons. The van der Waals surface area contributed by atoms with Gasteiger partial charge in [0.1, 0.15) is 0 Å². The van der Waals surface area contributed by atoms with E-state index < -0.39 is 10.0 Å². The van der Waals surface area contributed by atoms with E-state index in [0.717, 1.165) is 17.7 Å². The summed E-state index contributed by atoms with van der Waals surface area (Å²) in [7, 11) is -3.52. The van der Waals surface area contributed by atoms with Gasteiger partial charge in [0.15, 0.2) is 5.17 Å². The van der Waals surface area contributed by atoms with E-state index in [-0.39, 0.29) is 22.6 Å². The first-order chi connectivity index (χ1) is 15.4. The maximum absolute atomic E-state index is 12.6. The molecule has 2 aromatic rings. The van der Waals surface area contributed by atoms with Crippen LogP contribution in [0.15, 0.2) is 63.5 Å². The van der Waals surface area contributed by atoms with Crippen molar-refractivity contribution < 1.29 is 13.2 Å². The van der Waals surface area contributed by atoms with Crippen molar-refractivity contribution in [3.8, 4) is 0 Å². The number of nitrogens with zero attached hydrogens (tertiary/aromatic N) is 4. The highest BCUT2D eigenvalue weighted by atomic mass is 32.2. The maximum Gasteiger partial charge on any atom is 0.243 e. The number of para-hydroxylation sites is 1. The number of hydrogen-bond acceptors (Lipinski definition) is 7. The number of carbonyl (C=O) groups is 1. The average molecular weight is 472 g/mol. The summed E-state index contributed by atoms with van der Waals surface area (Å²) in [6.45, 7) is 4.42. The summed E-state index contributed by atoms with van der Waals surface area (Å²) in [5, 5.41) is 9.80. The lowest BCUT2D eigenvalue weighted by molar-refractivity contribution is -0.113. The molecule has 8 nitrogen and oxygen atoms in total. The standard InChI is InChI=1S/C22H25N5O3S2/c1-3-26(4-2)32(29,30)17-11-9-16(10-12-17)24-21(28)15-31-22-25-19-8-6-5-7-18(19)20-13-14-23-27(20)22/h5-12,14,20H,3-4,13,15H2,1-2H3,(H,24,28). The number of anilines is 1. The Morgan fingerprint density at radius 2 is 1.88 bits per heavy atom. The Morgan fingerprint density at radius 1 is 1.16 bits per heavy atom. The molecule has 2 heterocycles. The molecule has 2 aliphatic heterocycles. The summed E-state index contributed by atoms with van der Waals surface area (Å²) in [5.41, 5.74) is 2.59. The van der Waals surface area contributed by atoms with Crippen molar-refractivity contribution in [2.24, 2.45) is 10.1 Å². The van der Waals surface area contributed by atoms with Gasteiger partial charge in [0.2, 0.25) is 15.9 Å². The molecular weight excluding hydrogens is 446 g/mol. The molecular formula is C22H25N5O3S2. The lowest BCUT2D eigenvalue weighted by Gasteiger charge is -2.29. The fourth-order valence-corrected chi connectivity index (χ4v) is 5.99. The van der Waals surface area contributed by atoms with Crippen LogP contribution in [0.2, 0.25) is 0 Å². The fourth-order valence-electron chi connectivity index (χ4n) is 3.73. The molecule has 4 rings (SSSR count). The first kappa shape index (κ1) is 22.5. The third-order valence-electron chi connectivity index (χ3n) is 5.35. The van der Waals surface area contributed by atoms with E-state index in [4.69, 9.17) is 0 Å². The van der Waals surface area contributed by atoms with Crippen molar-refractivity contribution in [3.05, 3.63) is 54.1 Å². The number of hydrogen-bond donors (Lipinski definition) is 1. The van der Waals surface area contributed by atoms with Gasteiger partial charge in [-0.1, -0.05) is 43.8 Å². The molecule has 0 aromatic heterocycles. The second-order valence-corrected chi connectivity index (χ2v) is 10.2. The molecule has 0 bridgehead atoms. The van der Waals surface area contributed by atoms with E-state index >= 15 is 0 Å². The summed E-state index contributed by atoms with van der Waals surface area (Å²) in [6.07, 6.45) is 2.68. The number of thioether (sulfide) groups is 1. The minimum Gasteiger partial charge on any atom is -0.325 e. The van der Waals surface area contributed by atoms with E-state index in [1.165, 1.54) is 28.2 Å². The summed E-state index contributed by atoms with van der Waals surface area (Å²) in [4.78, 5) is 17.4. The molecule has 168 valence electrons. The molecule has 32 heavy (non-hydrogen) atoms. The molecule has 1 atom stereocenters. The first-order valence-corrected chi connectivity index (χ1v) is 12.9. The van der Waals surface area contributed by atoms with Crippen molar-refractivity contribution in [2.75, 3.05) is 24.2 Å². The van der Waals surface area contributed by atoms with Crippen LogP contribution in [0.4, 0.5) is 11.4 Å². The number of benzene rings is 2. The molecule has 1 N–H and O–H groups in total. The Morgan fingerprint density at radius 3 is 2.59 bits per heavy atom. The van der Waals surface area contributed by atoms with Gasteiger partial charge in [0.25, 0.3) is 0 Å². The van der Waals surface area contributed by atoms with Gasteiger partial charge in [-0.2, -0.15) is 9.41 Å². The molecule has 1 amide bonds. The number of aliphatic imine (C=N–C) groups is 1. The van der Waals surface area contributed by atoms with Crippen LogP contribution in [0.3, 0.4) is 0 Å². The summed E-state index contributed by atoms with van der Waals surface area (Å²) >= 11 is 1.33. The van der Waals surface area contributed by atoms with Gasteiger partial charge >= 0.3 is 0 Å². The average Bonchev–Trinajstić information content (AvgIpc) is 3.29. The van der Waals surface area contributed by atoms with Gasteiger partial charge in [0.05, 0.1) is 22.4 Å². The van der Waals surface area contributed by atoms with Crippen LogP contribution in [0, 0.1) is 0 Å². The quantitative estimate of drug-likeness (QED) is 0.662. The van der Waals surface area contributed by atoms with E-state index in [1.807, 2.05) is 29.4 Å². The molecule has 0 saturated heterocycles. The molecule has 10 heteroatoms. The third kappa shape index (κ3) is 4.43. The zero-order valence-electron chi connectivity index (χ0n) is 17.9. The minimum absolute atomic E-state index is 0.120. The second-order valence-electron chi connectivity index (χ2n) is 7.30. The van der Waals surface area contributed by atoms with Crippen molar-refractivity contribution in [3.63, 3.8) is 0 Å². The lowest BCUT2D eigenvalue weighted by atomic mass is 10.0. The van der Waals surface area contributed by atoms with E-state index in [0.29, 0.717) is 23.9 Å². The molecule has 0 fully saturated rings. The highest BCUT2D eigenvalue weighted by Gasteiger charge is 2.32. The smallest absolute Gasteiger partial charge is 0.243 e. The summed E-state index contributed by atoms with van der Waals surface area (Å²) in [6, 6.07) is 14.3. The number of carbonyl (C=O) groups excluding carboxylic acids is 1. The van der Waals surface area contributed by atoms with E-state index in [9.17, 15) is 13.2 Å². The molecule has 2 aromatic carbocycles. The van der Waals surface area contributed by atoms with Gasteiger partial charge < -0.3 is 5.32 Å². The number of sulfonamides is 1. The Kier molecular flexibility index (Phi) is 6.63. The van der Waals surface area contributed by atoms with Crippen LogP contribution in [0.25, 0.3) is 0 Å². The SMILES string of the molecule is CCN(CC)S(=O)(=O)c1ccc(NC(=O)CSC2=Nc3ccccc3C3CC=NN23)cc1. The lowest BCUT2D eigenvalue weighted by Crippen LogP contribution is -2.30. The highest BCUT2D eigenvalue weighted by molar-refractivity contribution is 8.14. The zero-order chi connectivity index (χ0) is 22.7. The number of amides is 1. The summed E-state index contributed by atoms with van der Waals surface area (Å²) in [5.74, 6) is -0.0326. The number of amidine groups is 1. The van der Waals surface area contributed by atoms with Crippen molar-refractivity contribution >= 4 is 50.4 Å². The number of fused-ring (bicyclic) bond motifs is 3. The molecule has 0 spiro atoms. The fraction of sp³-hybridized carbons (Fsp3) is 0.318. The molecule has 2 aliphatic rings. The minimum atomic E-state index is -3.52. The number of hydrazone groups is 1. The Balaban J connectivity index is 1.40. The first-order valence-electron chi connectivity index (χ1n) is 10.5. The predicted octanol–water partition coefficient (Wildman–Crippen LogP) is 3.82. The topological polar surface area (TPSA) is 94.4 Å². The van der Waals surface area contributed by atoms with Crippen LogP contribution in [0.5, 0.6) is 0 Å². The normalized spacial score (nSPS) is 17.2. The van der Waals surface area contributed by atoms with Gasteiger partial charge in [-0.25, -0.2) is 18.4 Å². The van der Waals surface area contributed by atoms with Crippen molar-refractivity contribution in [2.45, 2.75) is 31.2 Å². The van der Waals surface area contributed by atoms with Crippen LogP contribution in [-0.2, 0) is 14.8 Å². The van der Waals surface area contributed by atoms with Gasteiger partial charge in [0, 0.05) is 37.0 Å². The molecule has 0 saturated carbocycles. The number of rotatable bonds is 7. The molecule has 1 unspecified atom stereocenters. The Labute approximate surface area is 192 Å². The second kappa shape index (κ2) is 9.43. The van der Waals surface area contributed by atoms with Crippen molar-refractivity contribution in [1.82, 2.24) is 9.31 Å². The van der Waals surface area contributed by atoms with Crippen LogP contribution >= 0.6 is 11.8 Å². The maximum atomic E-state index is 12.6. The van der Waals surface area contributed by atoms with E-state index in [1.54, 1.807) is 26.0 Å². The third-order valence-corrected chi connectivity index (χ3v) is 8.36. The molecule has 0 aliphatic carbocycles. The number of nitrogens with one attached hydrogen (secondary N) is 1. The monoisotopic (exact) mass is 471 g/mol. The zero-order valence-corrected chi connectivity index (χ0v) is 19.6. The highest BCUT2D eigenvalue weighted by Crippen LogP contribution is 2.40. The van der Waals surface area contributed by atoms with Crippen molar-refractivity contribution in [1.29, 1.82) is 0 Å². The van der Waals surface area contributed by atoms with Crippen LogP contribution in [0.1, 0.15) is 31.9 Å². The van der Waals surface area contributed by atoms with Gasteiger partial charge in [-0.3, -0.25) is 4.79 Å². The Bertz CT molecular complexity index is 1160. The van der Waals surface area contributed by atoms with Crippen LogP contribution < -0.4 is 5.32 Å². The van der Waals surface area contributed by atoms with E-state index in [2.05, 4.69) is 21.5 Å².